The maximum absolute atomic E-state index is 9.52. The fourth-order valence-corrected chi connectivity index (χ4v) is 1.21. The van der Waals surface area contributed by atoms with Gasteiger partial charge in [-0.25, -0.2) is 0 Å². The first kappa shape index (κ1) is 12.9. The number of hydrogen-bond acceptors (Lipinski definition) is 3. The largest absolute Gasteiger partial charge is 0.396 e. The van der Waals surface area contributed by atoms with Gasteiger partial charge in [-0.1, -0.05) is 13.8 Å². The minimum Gasteiger partial charge on any atom is -0.396 e. The van der Waals surface area contributed by atoms with Crippen LogP contribution in [0.1, 0.15) is 33.6 Å². The molecule has 0 rings (SSSR count). The molecule has 13 heavy (non-hydrogen) atoms. The van der Waals surface area contributed by atoms with E-state index in [2.05, 4.69) is 13.8 Å². The molecule has 0 unspecified atom stereocenters. The Morgan fingerprint density at radius 2 is 1.77 bits per heavy atom. The van der Waals surface area contributed by atoms with Gasteiger partial charge in [-0.05, 0) is 31.6 Å². The van der Waals surface area contributed by atoms with E-state index in [4.69, 9.17) is 10.2 Å². The van der Waals surface area contributed by atoms with Gasteiger partial charge in [0.25, 0.3) is 0 Å². The quantitative estimate of drug-likeness (QED) is 0.580. The highest BCUT2D eigenvalue weighted by Gasteiger charge is 2.22. The van der Waals surface area contributed by atoms with Gasteiger partial charge in [0.05, 0.1) is 12.2 Å². The van der Waals surface area contributed by atoms with Crippen molar-refractivity contribution in [3.8, 4) is 0 Å². The molecule has 0 aliphatic carbocycles. The van der Waals surface area contributed by atoms with Crippen LogP contribution in [0.5, 0.6) is 0 Å². The predicted octanol–water partition coefficient (Wildman–Crippen LogP) is 0.774. The monoisotopic (exact) mass is 190 g/mol. The Morgan fingerprint density at radius 1 is 1.23 bits per heavy atom. The van der Waals surface area contributed by atoms with E-state index in [1.165, 1.54) is 0 Å². The summed E-state index contributed by atoms with van der Waals surface area (Å²) in [7, 11) is 0. The Labute approximate surface area is 80.4 Å². The van der Waals surface area contributed by atoms with Crippen LogP contribution in [0.2, 0.25) is 0 Å². The molecule has 0 spiro atoms. The SMILES string of the molecule is CC(C)[C@@H](CO)CC[C@@](C)(O)CO. The fourth-order valence-electron chi connectivity index (χ4n) is 1.21. The van der Waals surface area contributed by atoms with Crippen molar-refractivity contribution in [2.45, 2.75) is 39.2 Å². The summed E-state index contributed by atoms with van der Waals surface area (Å²) in [6.07, 6.45) is 1.29. The van der Waals surface area contributed by atoms with E-state index in [0.29, 0.717) is 12.3 Å². The summed E-state index contributed by atoms with van der Waals surface area (Å²) in [4.78, 5) is 0. The summed E-state index contributed by atoms with van der Waals surface area (Å²) in [6, 6.07) is 0. The maximum atomic E-state index is 9.52. The molecule has 2 atom stereocenters. The zero-order valence-electron chi connectivity index (χ0n) is 8.82. The molecule has 0 bridgehead atoms. The van der Waals surface area contributed by atoms with Crippen LogP contribution >= 0.6 is 0 Å². The standard InChI is InChI=1S/C10H22O3/c1-8(2)9(6-11)4-5-10(3,13)7-12/h8-9,11-13H,4-7H2,1-3H3/t9-,10-/m1/s1. The summed E-state index contributed by atoms with van der Waals surface area (Å²) < 4.78 is 0. The Kier molecular flexibility index (Phi) is 5.53. The Bertz CT molecular complexity index is 132. The second-order valence-electron chi connectivity index (χ2n) is 4.38. The van der Waals surface area contributed by atoms with E-state index in [1.54, 1.807) is 6.92 Å². The third-order valence-electron chi connectivity index (χ3n) is 2.57. The second-order valence-corrected chi connectivity index (χ2v) is 4.38. The molecule has 0 fully saturated rings. The molecule has 0 aliphatic rings. The van der Waals surface area contributed by atoms with E-state index in [1.807, 2.05) is 0 Å². The molecule has 80 valence electrons. The highest BCUT2D eigenvalue weighted by Crippen LogP contribution is 2.21. The summed E-state index contributed by atoms with van der Waals surface area (Å²) >= 11 is 0. The molecule has 3 N–H and O–H groups in total. The Morgan fingerprint density at radius 3 is 2.08 bits per heavy atom. The van der Waals surface area contributed by atoms with Gasteiger partial charge in [0, 0.05) is 6.61 Å². The molecule has 0 aliphatic heterocycles. The topological polar surface area (TPSA) is 60.7 Å². The fraction of sp³-hybridized carbons (Fsp3) is 1.00. The summed E-state index contributed by atoms with van der Waals surface area (Å²) in [5, 5.41) is 27.3. The molecular weight excluding hydrogens is 168 g/mol. The normalized spacial score (nSPS) is 18.7. The minimum absolute atomic E-state index is 0.152. The van der Waals surface area contributed by atoms with Gasteiger partial charge in [0.2, 0.25) is 0 Å². The smallest absolute Gasteiger partial charge is 0.0849 e. The number of aliphatic hydroxyl groups excluding tert-OH is 2. The van der Waals surface area contributed by atoms with E-state index >= 15 is 0 Å². The predicted molar refractivity (Wildman–Crippen MR) is 52.4 cm³/mol. The van der Waals surface area contributed by atoms with E-state index in [9.17, 15) is 5.11 Å². The molecule has 0 radical (unpaired) electrons. The number of hydrogen-bond donors (Lipinski definition) is 3. The lowest BCUT2D eigenvalue weighted by atomic mass is 9.88. The van der Waals surface area contributed by atoms with Gasteiger partial charge in [0.15, 0.2) is 0 Å². The molecule has 3 heteroatoms. The molecular formula is C10H22O3. The van der Waals surface area contributed by atoms with Crippen molar-refractivity contribution < 1.29 is 15.3 Å². The lowest BCUT2D eigenvalue weighted by Gasteiger charge is -2.24. The van der Waals surface area contributed by atoms with Crippen molar-refractivity contribution in [3.05, 3.63) is 0 Å². The van der Waals surface area contributed by atoms with Crippen molar-refractivity contribution in [1.82, 2.24) is 0 Å². The minimum atomic E-state index is -0.998. The molecule has 0 aromatic rings. The van der Waals surface area contributed by atoms with Crippen molar-refractivity contribution in [2.24, 2.45) is 11.8 Å². The third-order valence-corrected chi connectivity index (χ3v) is 2.57. The van der Waals surface area contributed by atoms with E-state index < -0.39 is 5.60 Å². The van der Waals surface area contributed by atoms with Crippen molar-refractivity contribution in [3.63, 3.8) is 0 Å². The first-order valence-corrected chi connectivity index (χ1v) is 4.87. The molecule has 0 amide bonds. The van der Waals surface area contributed by atoms with E-state index in [-0.39, 0.29) is 19.1 Å². The van der Waals surface area contributed by atoms with Crippen LogP contribution < -0.4 is 0 Å². The number of aliphatic hydroxyl groups is 3. The summed E-state index contributed by atoms with van der Waals surface area (Å²) in [5.74, 6) is 0.637. The maximum Gasteiger partial charge on any atom is 0.0849 e. The van der Waals surface area contributed by atoms with Crippen molar-refractivity contribution in [2.75, 3.05) is 13.2 Å². The van der Waals surface area contributed by atoms with Gasteiger partial charge < -0.3 is 15.3 Å². The van der Waals surface area contributed by atoms with Gasteiger partial charge in [0.1, 0.15) is 0 Å². The van der Waals surface area contributed by atoms with Gasteiger partial charge in [-0.3, -0.25) is 0 Å². The highest BCUT2D eigenvalue weighted by atomic mass is 16.3. The molecule has 0 saturated heterocycles. The van der Waals surface area contributed by atoms with Crippen molar-refractivity contribution in [1.29, 1.82) is 0 Å². The molecule has 0 saturated carbocycles. The summed E-state index contributed by atoms with van der Waals surface area (Å²) in [5.41, 5.74) is -0.998. The van der Waals surface area contributed by atoms with Crippen LogP contribution in [0, 0.1) is 11.8 Å². The average Bonchev–Trinajstić information content (AvgIpc) is 2.05. The molecule has 3 nitrogen and oxygen atoms in total. The first-order valence-electron chi connectivity index (χ1n) is 4.87. The van der Waals surface area contributed by atoms with Crippen LogP contribution in [0.4, 0.5) is 0 Å². The first-order chi connectivity index (χ1) is 5.93. The van der Waals surface area contributed by atoms with Gasteiger partial charge in [-0.2, -0.15) is 0 Å². The van der Waals surface area contributed by atoms with Crippen molar-refractivity contribution >= 4 is 0 Å². The summed E-state index contributed by atoms with van der Waals surface area (Å²) in [6.45, 7) is 5.65. The highest BCUT2D eigenvalue weighted by molar-refractivity contribution is 4.73. The second kappa shape index (κ2) is 5.58. The number of rotatable bonds is 6. The van der Waals surface area contributed by atoms with Gasteiger partial charge in [-0.15, -0.1) is 0 Å². The lowest BCUT2D eigenvalue weighted by molar-refractivity contribution is -0.0133. The molecule has 0 aromatic carbocycles. The van der Waals surface area contributed by atoms with E-state index in [0.717, 1.165) is 6.42 Å². The van der Waals surface area contributed by atoms with Crippen LogP contribution in [0.3, 0.4) is 0 Å². The zero-order valence-corrected chi connectivity index (χ0v) is 8.82. The Hall–Kier alpha value is -0.120. The average molecular weight is 190 g/mol. The molecule has 0 heterocycles. The molecule has 0 aromatic heterocycles. The van der Waals surface area contributed by atoms with Crippen LogP contribution in [-0.4, -0.2) is 34.1 Å². The van der Waals surface area contributed by atoms with Crippen LogP contribution in [-0.2, 0) is 0 Å². The Balaban J connectivity index is 3.85. The van der Waals surface area contributed by atoms with Gasteiger partial charge >= 0.3 is 0 Å². The van der Waals surface area contributed by atoms with Crippen LogP contribution in [0.15, 0.2) is 0 Å². The third kappa shape index (κ3) is 5.24. The van der Waals surface area contributed by atoms with Crippen LogP contribution in [0.25, 0.3) is 0 Å². The zero-order chi connectivity index (χ0) is 10.5. The lowest BCUT2D eigenvalue weighted by Crippen LogP contribution is -2.30.